The van der Waals surface area contributed by atoms with Gasteiger partial charge in [-0.3, -0.25) is 4.79 Å². The molecule has 2 rings (SSSR count). The minimum absolute atomic E-state index is 0.0294. The smallest absolute Gasteiger partial charge is 0.267 e. The largest absolute Gasteiger partial charge is 0.395 e. The number of hydrogen-bond acceptors (Lipinski definition) is 4. The Bertz CT molecular complexity index is 668. The first kappa shape index (κ1) is 14.3. The van der Waals surface area contributed by atoms with Gasteiger partial charge in [-0.2, -0.15) is 0 Å². The lowest BCUT2D eigenvalue weighted by atomic mass is 10.1. The van der Waals surface area contributed by atoms with Gasteiger partial charge in [0.25, 0.3) is 5.91 Å². The maximum atomic E-state index is 12.1. The number of carbonyl (C=O) groups is 1. The molecule has 0 fully saturated rings. The number of thiazole rings is 1. The number of aryl methyl sites for hydroxylation is 1. The molecule has 5 heteroatoms. The fraction of sp³-hybridized carbons (Fsp3) is 0.200. The minimum Gasteiger partial charge on any atom is -0.395 e. The average molecular weight is 286 g/mol. The molecule has 0 atom stereocenters. The molecule has 0 radical (unpaired) electrons. The van der Waals surface area contributed by atoms with Gasteiger partial charge in [0.2, 0.25) is 0 Å². The molecule has 0 unspecified atom stereocenters. The first-order valence-corrected chi connectivity index (χ1v) is 7.00. The van der Waals surface area contributed by atoms with Crippen molar-refractivity contribution in [3.63, 3.8) is 0 Å². The predicted octanol–water partition coefficient (Wildman–Crippen LogP) is 2.44. The number of amides is 1. The van der Waals surface area contributed by atoms with Crippen LogP contribution in [0.5, 0.6) is 0 Å². The molecule has 1 aromatic carbocycles. The molecule has 1 aromatic heterocycles. The van der Waals surface area contributed by atoms with Gasteiger partial charge in [-0.15, -0.1) is 11.3 Å². The average Bonchev–Trinajstić information content (AvgIpc) is 2.87. The number of rotatable bonds is 3. The van der Waals surface area contributed by atoms with E-state index in [1.165, 1.54) is 11.3 Å². The molecule has 1 amide bonds. The van der Waals surface area contributed by atoms with E-state index in [0.29, 0.717) is 17.0 Å². The van der Waals surface area contributed by atoms with Crippen molar-refractivity contribution in [2.75, 3.05) is 11.9 Å². The summed E-state index contributed by atoms with van der Waals surface area (Å²) >= 11 is 1.31. The van der Waals surface area contributed by atoms with Crippen molar-refractivity contribution < 1.29 is 9.90 Å². The van der Waals surface area contributed by atoms with Gasteiger partial charge in [-0.1, -0.05) is 24.0 Å². The summed E-state index contributed by atoms with van der Waals surface area (Å²) in [5.41, 5.74) is 3.76. The third-order valence-electron chi connectivity index (χ3n) is 2.59. The van der Waals surface area contributed by atoms with E-state index in [1.807, 2.05) is 18.2 Å². The van der Waals surface area contributed by atoms with Crippen LogP contribution in [0.3, 0.4) is 0 Å². The Morgan fingerprint density at radius 2 is 2.25 bits per heavy atom. The van der Waals surface area contributed by atoms with Gasteiger partial charge in [-0.05, 0) is 19.1 Å². The molecule has 0 bridgehead atoms. The Morgan fingerprint density at radius 1 is 1.45 bits per heavy atom. The summed E-state index contributed by atoms with van der Waals surface area (Å²) in [7, 11) is 0. The number of hydrogen-bond donors (Lipinski definition) is 2. The Hall–Kier alpha value is -2.16. The number of carbonyl (C=O) groups excluding carboxylic acids is 1. The zero-order valence-corrected chi connectivity index (χ0v) is 11.8. The lowest BCUT2D eigenvalue weighted by Gasteiger charge is -2.06. The second-order valence-corrected chi connectivity index (χ2v) is 4.90. The summed E-state index contributed by atoms with van der Waals surface area (Å²) in [4.78, 5) is 16.8. The van der Waals surface area contributed by atoms with Crippen LogP contribution in [0, 0.1) is 18.8 Å². The second kappa shape index (κ2) is 6.85. The van der Waals surface area contributed by atoms with Gasteiger partial charge < -0.3 is 10.4 Å². The second-order valence-electron chi connectivity index (χ2n) is 4.04. The molecule has 0 aliphatic carbocycles. The zero-order chi connectivity index (χ0) is 14.4. The molecule has 20 heavy (non-hydrogen) atoms. The molecule has 4 nitrogen and oxygen atoms in total. The van der Waals surface area contributed by atoms with Gasteiger partial charge in [0.15, 0.2) is 0 Å². The number of nitrogens with one attached hydrogen (secondary N) is 1. The molecule has 0 spiro atoms. The number of anilines is 1. The first-order valence-electron chi connectivity index (χ1n) is 6.12. The summed E-state index contributed by atoms with van der Waals surface area (Å²) in [5.74, 6) is 5.61. The zero-order valence-electron chi connectivity index (χ0n) is 11.0. The quantitative estimate of drug-likeness (QED) is 0.852. The highest BCUT2D eigenvalue weighted by Gasteiger charge is 2.12. The van der Waals surface area contributed by atoms with Crippen molar-refractivity contribution in [2.24, 2.45) is 0 Å². The molecule has 1 heterocycles. The maximum Gasteiger partial charge on any atom is 0.267 e. The van der Waals surface area contributed by atoms with Crippen LogP contribution >= 0.6 is 11.3 Å². The topological polar surface area (TPSA) is 62.2 Å². The van der Waals surface area contributed by atoms with Gasteiger partial charge >= 0.3 is 0 Å². The molecule has 102 valence electrons. The van der Waals surface area contributed by atoms with Crippen molar-refractivity contribution in [2.45, 2.75) is 13.3 Å². The molecule has 0 aliphatic heterocycles. The SMILES string of the molecule is Cc1ncsc1C(=O)Nc1ccccc1C#CCCO. The van der Waals surface area contributed by atoms with E-state index in [-0.39, 0.29) is 12.5 Å². The third kappa shape index (κ3) is 3.44. The van der Waals surface area contributed by atoms with Crippen LogP contribution in [0.15, 0.2) is 29.8 Å². The van der Waals surface area contributed by atoms with E-state index >= 15 is 0 Å². The van der Waals surface area contributed by atoms with Crippen LogP contribution in [0.2, 0.25) is 0 Å². The van der Waals surface area contributed by atoms with Crippen LogP contribution < -0.4 is 5.32 Å². The molecular formula is C15H14N2O2S. The van der Waals surface area contributed by atoms with E-state index < -0.39 is 0 Å². The van der Waals surface area contributed by atoms with E-state index in [9.17, 15) is 4.79 Å². The Kier molecular flexibility index (Phi) is 4.88. The first-order chi connectivity index (χ1) is 9.72. The third-order valence-corrected chi connectivity index (χ3v) is 3.51. The maximum absolute atomic E-state index is 12.1. The highest BCUT2D eigenvalue weighted by Crippen LogP contribution is 2.18. The molecule has 2 aromatic rings. The lowest BCUT2D eigenvalue weighted by molar-refractivity contribution is 0.103. The number of nitrogens with zero attached hydrogens (tertiary/aromatic N) is 1. The Morgan fingerprint density at radius 3 is 2.95 bits per heavy atom. The summed E-state index contributed by atoms with van der Waals surface area (Å²) in [5, 5.41) is 11.6. The normalized spacial score (nSPS) is 9.70. The van der Waals surface area contributed by atoms with E-state index in [1.54, 1.807) is 18.5 Å². The van der Waals surface area contributed by atoms with Crippen molar-refractivity contribution in [1.82, 2.24) is 4.98 Å². The molecule has 0 saturated carbocycles. The Balaban J connectivity index is 2.20. The highest BCUT2D eigenvalue weighted by atomic mass is 32.1. The molecule has 0 saturated heterocycles. The number of benzene rings is 1. The molecular weight excluding hydrogens is 272 g/mol. The van der Waals surface area contributed by atoms with Gasteiger partial charge in [0.1, 0.15) is 4.88 Å². The van der Waals surface area contributed by atoms with Crippen LogP contribution in [0.25, 0.3) is 0 Å². The predicted molar refractivity (Wildman–Crippen MR) is 79.8 cm³/mol. The fourth-order valence-electron chi connectivity index (χ4n) is 1.61. The summed E-state index contributed by atoms with van der Waals surface area (Å²) in [6, 6.07) is 7.33. The summed E-state index contributed by atoms with van der Waals surface area (Å²) in [6.45, 7) is 1.83. The van der Waals surface area contributed by atoms with E-state index in [0.717, 1.165) is 11.3 Å². The van der Waals surface area contributed by atoms with Crippen molar-refractivity contribution in [3.8, 4) is 11.8 Å². The summed E-state index contributed by atoms with van der Waals surface area (Å²) < 4.78 is 0. The fourth-order valence-corrected chi connectivity index (χ4v) is 2.31. The van der Waals surface area contributed by atoms with Crippen molar-refractivity contribution in [1.29, 1.82) is 0 Å². The van der Waals surface area contributed by atoms with Crippen LogP contribution in [-0.4, -0.2) is 22.6 Å². The van der Waals surface area contributed by atoms with Crippen LogP contribution in [-0.2, 0) is 0 Å². The van der Waals surface area contributed by atoms with E-state index in [4.69, 9.17) is 5.11 Å². The van der Waals surface area contributed by atoms with E-state index in [2.05, 4.69) is 22.1 Å². The number of aliphatic hydroxyl groups excluding tert-OH is 1. The van der Waals surface area contributed by atoms with Gasteiger partial charge in [0.05, 0.1) is 23.5 Å². The lowest BCUT2D eigenvalue weighted by Crippen LogP contribution is -2.12. The van der Waals surface area contributed by atoms with Crippen molar-refractivity contribution in [3.05, 3.63) is 45.9 Å². The van der Waals surface area contributed by atoms with Crippen LogP contribution in [0.1, 0.15) is 27.3 Å². The Labute approximate surface area is 121 Å². The number of aromatic nitrogens is 1. The monoisotopic (exact) mass is 286 g/mol. The van der Waals surface area contributed by atoms with Crippen molar-refractivity contribution >= 4 is 22.9 Å². The summed E-state index contributed by atoms with van der Waals surface area (Å²) in [6.07, 6.45) is 0.413. The molecule has 0 aliphatic rings. The highest BCUT2D eigenvalue weighted by molar-refractivity contribution is 7.12. The standard InChI is InChI=1S/C15H14N2O2S/c1-11-14(20-10-16-11)15(19)17-13-8-3-2-6-12(13)7-4-5-9-18/h2-3,6,8,10,18H,5,9H2,1H3,(H,17,19). The number of para-hydroxylation sites is 1. The minimum atomic E-state index is -0.179. The number of aliphatic hydroxyl groups is 1. The molecule has 2 N–H and O–H groups in total. The van der Waals surface area contributed by atoms with Gasteiger partial charge in [0, 0.05) is 12.0 Å². The van der Waals surface area contributed by atoms with Crippen LogP contribution in [0.4, 0.5) is 5.69 Å². The van der Waals surface area contributed by atoms with Gasteiger partial charge in [-0.25, -0.2) is 4.98 Å².